The number of nitrogens with zero attached hydrogens (tertiary/aromatic N) is 3. The average molecular weight is 508 g/mol. The number of hydrogen-bond acceptors (Lipinski definition) is 7. The van der Waals surface area contributed by atoms with E-state index in [0.29, 0.717) is 22.4 Å². The first-order valence-corrected chi connectivity index (χ1v) is 12.2. The maximum Gasteiger partial charge on any atom is 0.248 e. The Balaban J connectivity index is 1.67. The Kier molecular flexibility index (Phi) is 8.09. The van der Waals surface area contributed by atoms with Gasteiger partial charge in [0.1, 0.15) is 21.3 Å². The van der Waals surface area contributed by atoms with Crippen LogP contribution in [0.3, 0.4) is 0 Å². The van der Waals surface area contributed by atoms with Crippen LogP contribution >= 0.6 is 22.9 Å². The number of aliphatic hydroxyl groups excluding tert-OH is 1. The van der Waals surface area contributed by atoms with Crippen molar-refractivity contribution < 1.29 is 9.90 Å². The molecule has 0 bridgehead atoms. The van der Waals surface area contributed by atoms with Crippen LogP contribution in [-0.4, -0.2) is 53.1 Å². The highest BCUT2D eigenvalue weighted by molar-refractivity contribution is 7.23. The number of halogens is 1. The molecule has 1 atom stereocenters. The normalized spacial score (nSPS) is 12.4. The number of likely N-dealkylation sites (N-methyl/N-ethyl adjacent to an activating group) is 1. The Hall–Kier alpha value is -3.30. The van der Waals surface area contributed by atoms with Gasteiger partial charge in [-0.25, -0.2) is 9.97 Å². The number of rotatable bonds is 9. The van der Waals surface area contributed by atoms with Crippen LogP contribution in [0, 0.1) is 0 Å². The minimum Gasteiger partial charge on any atom is -0.394 e. The van der Waals surface area contributed by atoms with Crippen LogP contribution in [-0.2, 0) is 4.79 Å². The predicted octanol–water partition coefficient (Wildman–Crippen LogP) is 5.21. The quantitative estimate of drug-likeness (QED) is 0.269. The monoisotopic (exact) mass is 507 g/mol. The molecule has 1 amide bonds. The third kappa shape index (κ3) is 6.04. The van der Waals surface area contributed by atoms with Crippen molar-refractivity contribution in [1.82, 2.24) is 14.9 Å². The summed E-state index contributed by atoms with van der Waals surface area (Å²) < 4.78 is 0.568. The molecule has 2 aromatic carbocycles. The molecule has 4 aromatic rings. The molecule has 0 saturated carbocycles. The number of fused-ring (bicyclic) bond motifs is 1. The van der Waals surface area contributed by atoms with Crippen LogP contribution in [0.15, 0.2) is 73.1 Å². The average Bonchev–Trinajstić information content (AvgIpc) is 3.19. The van der Waals surface area contributed by atoms with Gasteiger partial charge in [0, 0.05) is 23.9 Å². The molecule has 2 heterocycles. The van der Waals surface area contributed by atoms with Crippen LogP contribution in [0.25, 0.3) is 21.3 Å². The summed E-state index contributed by atoms with van der Waals surface area (Å²) in [5.74, 6) is 0.377. The summed E-state index contributed by atoms with van der Waals surface area (Å²) in [6.07, 6.45) is 4.81. The number of thiophene rings is 1. The molecule has 3 N–H and O–H groups in total. The fraction of sp³-hybridized carbons (Fsp3) is 0.192. The van der Waals surface area contributed by atoms with Crippen LogP contribution < -0.4 is 10.6 Å². The standard InChI is InChI=1S/C26H26ClN5O2S/c1-32(2)13-7-12-21(34)30-19-11-6-10-18(14-19)22-23-25(28-16-29-26(23)35-24(22)27)31-20(15-33)17-8-4-3-5-9-17/h3-12,14,16,20,33H,13,15H2,1-2H3,(H,30,34)(H,28,29,31). The van der Waals surface area contributed by atoms with Gasteiger partial charge in [-0.15, -0.1) is 11.3 Å². The first-order valence-electron chi connectivity index (χ1n) is 11.0. The third-order valence-corrected chi connectivity index (χ3v) is 6.61. The zero-order valence-corrected chi connectivity index (χ0v) is 21.0. The first-order chi connectivity index (χ1) is 17.0. The van der Waals surface area contributed by atoms with E-state index in [2.05, 4.69) is 20.6 Å². The van der Waals surface area contributed by atoms with Gasteiger partial charge in [-0.3, -0.25) is 4.79 Å². The molecule has 0 spiro atoms. The number of carbonyl (C=O) groups excluding carboxylic acids is 1. The zero-order valence-electron chi connectivity index (χ0n) is 19.4. The lowest BCUT2D eigenvalue weighted by atomic mass is 10.0. The SMILES string of the molecule is CN(C)CC=CC(=O)Nc1cccc(-c2c(Cl)sc3ncnc(NC(CO)c4ccccc4)c23)c1. The molecule has 9 heteroatoms. The molecule has 0 saturated heterocycles. The first kappa shape index (κ1) is 24.8. The molecule has 2 aromatic heterocycles. The lowest BCUT2D eigenvalue weighted by Crippen LogP contribution is -2.15. The highest BCUT2D eigenvalue weighted by Crippen LogP contribution is 2.44. The molecule has 0 aliphatic heterocycles. The second kappa shape index (κ2) is 11.4. The largest absolute Gasteiger partial charge is 0.394 e. The molecule has 0 fully saturated rings. The van der Waals surface area contributed by atoms with Crippen LogP contribution in [0.2, 0.25) is 4.34 Å². The Morgan fingerprint density at radius 1 is 1.17 bits per heavy atom. The Morgan fingerprint density at radius 3 is 2.71 bits per heavy atom. The van der Waals surface area contributed by atoms with E-state index < -0.39 is 0 Å². The summed E-state index contributed by atoms with van der Waals surface area (Å²) in [6, 6.07) is 16.9. The topological polar surface area (TPSA) is 90.4 Å². The highest BCUT2D eigenvalue weighted by Gasteiger charge is 2.20. The summed E-state index contributed by atoms with van der Waals surface area (Å²) in [4.78, 5) is 23.9. The van der Waals surface area contributed by atoms with Gasteiger partial charge in [-0.2, -0.15) is 0 Å². The van der Waals surface area contributed by atoms with Gasteiger partial charge in [0.25, 0.3) is 0 Å². The number of hydrogen-bond donors (Lipinski definition) is 3. The van der Waals surface area contributed by atoms with Gasteiger partial charge in [0.15, 0.2) is 0 Å². The molecule has 0 radical (unpaired) electrons. The van der Waals surface area contributed by atoms with E-state index in [1.54, 1.807) is 0 Å². The van der Waals surface area contributed by atoms with Crippen LogP contribution in [0.1, 0.15) is 11.6 Å². The summed E-state index contributed by atoms with van der Waals surface area (Å²) >= 11 is 8.05. The van der Waals surface area contributed by atoms with Gasteiger partial charge >= 0.3 is 0 Å². The van der Waals surface area contributed by atoms with Gasteiger partial charge in [0.2, 0.25) is 5.91 Å². The van der Waals surface area contributed by atoms with E-state index in [1.165, 1.54) is 23.7 Å². The fourth-order valence-corrected chi connectivity index (χ4v) is 4.98. The molecule has 1 unspecified atom stereocenters. The maximum absolute atomic E-state index is 12.3. The Morgan fingerprint density at radius 2 is 1.97 bits per heavy atom. The molecule has 0 aliphatic carbocycles. The number of anilines is 2. The van der Waals surface area contributed by atoms with Crippen molar-refractivity contribution in [3.63, 3.8) is 0 Å². The summed E-state index contributed by atoms with van der Waals surface area (Å²) in [7, 11) is 3.88. The second-order valence-corrected chi connectivity index (χ2v) is 9.78. The lowest BCUT2D eigenvalue weighted by Gasteiger charge is -2.18. The highest BCUT2D eigenvalue weighted by atomic mass is 35.5. The molecular formula is C26H26ClN5O2S. The minimum atomic E-state index is -0.347. The van der Waals surface area contributed by atoms with Crippen molar-refractivity contribution in [2.75, 3.05) is 37.9 Å². The molecular weight excluding hydrogens is 482 g/mol. The second-order valence-electron chi connectivity index (χ2n) is 8.18. The van der Waals surface area contributed by atoms with Crippen molar-refractivity contribution in [3.05, 3.63) is 83.0 Å². The van der Waals surface area contributed by atoms with Gasteiger partial charge in [-0.05, 0) is 37.4 Å². The van der Waals surface area contributed by atoms with E-state index in [9.17, 15) is 9.90 Å². The Bertz CT molecular complexity index is 1340. The molecule has 7 nitrogen and oxygen atoms in total. The van der Waals surface area contributed by atoms with Gasteiger partial charge in [-0.1, -0.05) is 60.1 Å². The fourth-order valence-electron chi connectivity index (χ4n) is 3.67. The van der Waals surface area contributed by atoms with Crippen molar-refractivity contribution in [2.24, 2.45) is 0 Å². The Labute approximate surface area is 213 Å². The van der Waals surface area contributed by atoms with Crippen molar-refractivity contribution in [3.8, 4) is 11.1 Å². The van der Waals surface area contributed by atoms with Crippen molar-refractivity contribution in [2.45, 2.75) is 6.04 Å². The number of nitrogens with one attached hydrogen (secondary N) is 2. The smallest absolute Gasteiger partial charge is 0.248 e. The van der Waals surface area contributed by atoms with E-state index in [1.807, 2.05) is 79.7 Å². The van der Waals surface area contributed by atoms with Gasteiger partial charge in [0.05, 0.1) is 18.0 Å². The van der Waals surface area contributed by atoms with Crippen molar-refractivity contribution in [1.29, 1.82) is 0 Å². The number of amides is 1. The molecule has 4 rings (SSSR count). The lowest BCUT2D eigenvalue weighted by molar-refractivity contribution is -0.111. The third-order valence-electron chi connectivity index (χ3n) is 5.30. The van der Waals surface area contributed by atoms with Crippen LogP contribution in [0.4, 0.5) is 11.5 Å². The minimum absolute atomic E-state index is 0.106. The molecule has 0 aliphatic rings. The molecule has 180 valence electrons. The van der Waals surface area contributed by atoms with Gasteiger partial charge < -0.3 is 20.6 Å². The van der Waals surface area contributed by atoms with E-state index in [0.717, 1.165) is 26.9 Å². The number of aromatic nitrogens is 2. The number of carbonyl (C=O) groups is 1. The summed E-state index contributed by atoms with van der Waals surface area (Å²) in [6.45, 7) is 0.573. The maximum atomic E-state index is 12.3. The van der Waals surface area contributed by atoms with Crippen LogP contribution in [0.5, 0.6) is 0 Å². The summed E-state index contributed by atoms with van der Waals surface area (Å²) in [5, 5.41) is 17.1. The summed E-state index contributed by atoms with van der Waals surface area (Å²) in [5.41, 5.74) is 3.20. The number of benzene rings is 2. The van der Waals surface area contributed by atoms with E-state index in [4.69, 9.17) is 11.6 Å². The molecule has 35 heavy (non-hydrogen) atoms. The zero-order chi connectivity index (χ0) is 24.8. The predicted molar refractivity (Wildman–Crippen MR) is 144 cm³/mol. The number of aliphatic hydroxyl groups is 1. The van der Waals surface area contributed by atoms with Crippen molar-refractivity contribution >= 4 is 50.6 Å². The van der Waals surface area contributed by atoms with E-state index in [-0.39, 0.29) is 18.6 Å². The van der Waals surface area contributed by atoms with E-state index >= 15 is 0 Å².